The fourth-order valence-corrected chi connectivity index (χ4v) is 11.6. The molecule has 0 radical (unpaired) electrons. The van der Waals surface area contributed by atoms with Crippen molar-refractivity contribution in [2.24, 2.45) is 0 Å². The van der Waals surface area contributed by atoms with Crippen LogP contribution in [0.15, 0.2) is 288 Å². The van der Waals surface area contributed by atoms with Crippen LogP contribution >= 0.6 is 0 Å². The molecule has 0 atom stereocenters. The largest absolute Gasteiger partial charge is 0.420 e. The van der Waals surface area contributed by atoms with Gasteiger partial charge in [-0.2, -0.15) is 0 Å². The van der Waals surface area contributed by atoms with Crippen molar-refractivity contribution in [1.29, 1.82) is 0 Å². The van der Waals surface area contributed by atoms with E-state index in [4.69, 9.17) is 14.4 Å². The number of fused-ring (bicyclic) bond motifs is 7. The maximum atomic E-state index is 15.3. The highest BCUT2D eigenvalue weighted by atomic mass is 16.4. The Balaban J connectivity index is 1.04. The maximum Gasteiger partial charge on any atom is 0.345 e. The molecule has 0 spiro atoms. The van der Waals surface area contributed by atoms with E-state index in [1.165, 1.54) is 0 Å². The van der Waals surface area contributed by atoms with E-state index in [-0.39, 0.29) is 0 Å². The highest BCUT2D eigenvalue weighted by Crippen LogP contribution is 2.43. The summed E-state index contributed by atoms with van der Waals surface area (Å²) < 4.78 is 11.5. The van der Waals surface area contributed by atoms with Crippen LogP contribution in [-0.4, -0.2) is 19.1 Å². The molecular formula is C73H46N4O2. The molecule has 0 bridgehead atoms. The Labute approximate surface area is 455 Å². The predicted octanol–water partition coefficient (Wildman–Crippen LogP) is 18.4. The molecule has 4 aromatic heterocycles. The normalized spacial score (nSPS) is 11.6. The van der Waals surface area contributed by atoms with Crippen LogP contribution in [-0.2, 0) is 0 Å². The zero-order valence-corrected chi connectivity index (χ0v) is 42.7. The second-order valence-electron chi connectivity index (χ2n) is 20.1. The molecule has 4 heterocycles. The molecule has 79 heavy (non-hydrogen) atoms. The molecule has 0 aliphatic rings. The second kappa shape index (κ2) is 18.8. The summed E-state index contributed by atoms with van der Waals surface area (Å²) in [5.41, 5.74) is 17.7. The summed E-state index contributed by atoms with van der Waals surface area (Å²) >= 11 is 0. The average molecular weight is 1010 g/mol. The van der Waals surface area contributed by atoms with Gasteiger partial charge in [-0.1, -0.05) is 206 Å². The molecule has 0 unspecified atom stereocenters. The van der Waals surface area contributed by atoms with Crippen LogP contribution in [0.1, 0.15) is 0 Å². The van der Waals surface area contributed by atoms with Gasteiger partial charge in [0.1, 0.15) is 0 Å². The molecule has 0 fully saturated rings. The predicted molar refractivity (Wildman–Crippen MR) is 325 cm³/mol. The molecule has 0 saturated carbocycles. The molecule has 370 valence electrons. The lowest BCUT2D eigenvalue weighted by molar-refractivity contribution is 0.561. The van der Waals surface area contributed by atoms with E-state index >= 15 is 4.79 Å². The number of rotatable bonds is 9. The van der Waals surface area contributed by atoms with Gasteiger partial charge >= 0.3 is 5.63 Å². The molecular weight excluding hydrogens is 965 g/mol. The summed E-state index contributed by atoms with van der Waals surface area (Å²) in [7, 11) is 0. The maximum absolute atomic E-state index is 15.3. The zero-order valence-electron chi connectivity index (χ0n) is 42.7. The quantitative estimate of drug-likeness (QED) is 0.135. The van der Waals surface area contributed by atoms with Crippen LogP contribution in [0.2, 0.25) is 0 Å². The van der Waals surface area contributed by atoms with E-state index in [0.29, 0.717) is 28.4 Å². The molecule has 0 N–H and O–H groups in total. The van der Waals surface area contributed by atoms with Crippen molar-refractivity contribution < 1.29 is 4.42 Å². The Morgan fingerprint density at radius 2 is 0.620 bits per heavy atom. The van der Waals surface area contributed by atoms with Gasteiger partial charge in [0.15, 0.2) is 11.4 Å². The van der Waals surface area contributed by atoms with Gasteiger partial charge in [-0.3, -0.25) is 0 Å². The number of aromatic nitrogens is 4. The Hall–Kier alpha value is -10.7. The van der Waals surface area contributed by atoms with Crippen molar-refractivity contribution in [3.63, 3.8) is 0 Å². The zero-order chi connectivity index (χ0) is 52.4. The van der Waals surface area contributed by atoms with Gasteiger partial charge in [-0.25, -0.2) is 14.8 Å². The van der Waals surface area contributed by atoms with Crippen LogP contribution < -0.4 is 5.63 Å². The van der Waals surface area contributed by atoms with Crippen LogP contribution in [0, 0.1) is 0 Å². The minimum Gasteiger partial charge on any atom is -0.420 e. The molecule has 15 rings (SSSR count). The monoisotopic (exact) mass is 1010 g/mol. The van der Waals surface area contributed by atoms with E-state index in [2.05, 4.69) is 203 Å². The molecule has 6 heteroatoms. The average Bonchev–Trinajstić information content (AvgIpc) is 4.27. The van der Waals surface area contributed by atoms with Gasteiger partial charge in [0.05, 0.1) is 50.4 Å². The highest BCUT2D eigenvalue weighted by Gasteiger charge is 2.24. The van der Waals surface area contributed by atoms with Gasteiger partial charge in [-0.15, -0.1) is 0 Å². The molecule has 0 aliphatic carbocycles. The lowest BCUT2D eigenvalue weighted by Gasteiger charge is -2.17. The van der Waals surface area contributed by atoms with Gasteiger partial charge in [0.2, 0.25) is 0 Å². The van der Waals surface area contributed by atoms with E-state index in [0.717, 1.165) is 116 Å². The SMILES string of the molecule is O=c1oc2c(-n3c4ccc(-c5ccccc5)cc4c4cc(-c5ccccc5)ccc43)ccc(-n3c4ccc(-c5ccccc5)cc4c4cc(-c5ccccc5)ccc43)c2cc1-c1cc(-c2ccccc2)nc(-c2ccccc2)n1. The number of hydrogen-bond acceptors (Lipinski definition) is 4. The van der Waals surface area contributed by atoms with Gasteiger partial charge < -0.3 is 13.6 Å². The lowest BCUT2D eigenvalue weighted by Crippen LogP contribution is -2.08. The van der Waals surface area contributed by atoms with E-state index in [1.54, 1.807) is 0 Å². The number of hydrogen-bond donors (Lipinski definition) is 0. The topological polar surface area (TPSA) is 65.8 Å². The summed E-state index contributed by atoms with van der Waals surface area (Å²) in [6, 6.07) is 97.1. The number of nitrogens with zero attached hydrogens (tertiary/aromatic N) is 4. The van der Waals surface area contributed by atoms with Gasteiger partial charge in [-0.05, 0) is 117 Å². The Bertz CT molecular complexity index is 4630. The number of benzene rings is 11. The fraction of sp³-hybridized carbons (Fsp3) is 0. The summed E-state index contributed by atoms with van der Waals surface area (Å²) in [5, 5.41) is 5.11. The molecule has 11 aromatic carbocycles. The molecule has 15 aromatic rings. The minimum absolute atomic E-state index is 0.323. The summed E-state index contributed by atoms with van der Waals surface area (Å²) in [5.74, 6) is 0.506. The third-order valence-electron chi connectivity index (χ3n) is 15.4. The van der Waals surface area contributed by atoms with Crippen molar-refractivity contribution in [3.05, 3.63) is 289 Å². The fourth-order valence-electron chi connectivity index (χ4n) is 11.6. The first-order chi connectivity index (χ1) is 39.1. The molecule has 0 amide bonds. The van der Waals surface area contributed by atoms with Crippen LogP contribution in [0.25, 0.3) is 144 Å². The van der Waals surface area contributed by atoms with E-state index in [9.17, 15) is 0 Å². The van der Waals surface area contributed by atoms with Gasteiger partial charge in [0.25, 0.3) is 0 Å². The van der Waals surface area contributed by atoms with E-state index < -0.39 is 5.63 Å². The van der Waals surface area contributed by atoms with Crippen molar-refractivity contribution in [3.8, 4) is 89.8 Å². The highest BCUT2D eigenvalue weighted by molar-refractivity contribution is 6.15. The summed E-state index contributed by atoms with van der Waals surface area (Å²) in [6.07, 6.45) is 0. The Morgan fingerprint density at radius 1 is 0.278 bits per heavy atom. The third kappa shape index (κ3) is 7.93. The second-order valence-corrected chi connectivity index (χ2v) is 20.1. The van der Waals surface area contributed by atoms with Crippen molar-refractivity contribution >= 4 is 54.6 Å². The van der Waals surface area contributed by atoms with Crippen LogP contribution in [0.4, 0.5) is 0 Å². The first-order valence-corrected chi connectivity index (χ1v) is 26.6. The minimum atomic E-state index is -0.511. The standard InChI is InChI=1S/C73H46N4O2/c78-73-61(64-46-63(51-27-15-5-16-28-51)74-72(75-64)52-29-17-6-18-30-52)45-62-69(76-65-35-31-53(47-19-7-1-8-20-47)41-57(65)58-42-54(32-36-66(58)76)48-21-9-2-10-22-48)39-40-70(71(62)79-73)77-67-37-33-55(49-23-11-3-12-24-49)43-59(67)60-44-56(34-38-68(60)77)50-25-13-4-14-26-50/h1-46H. The lowest BCUT2D eigenvalue weighted by atomic mass is 10.0. The van der Waals surface area contributed by atoms with E-state index in [1.807, 2.05) is 84.9 Å². The molecule has 6 nitrogen and oxygen atoms in total. The molecule has 0 aliphatic heterocycles. The van der Waals surface area contributed by atoms with Crippen LogP contribution in [0.5, 0.6) is 0 Å². The third-order valence-corrected chi connectivity index (χ3v) is 15.4. The van der Waals surface area contributed by atoms with Crippen molar-refractivity contribution in [2.75, 3.05) is 0 Å². The summed E-state index contributed by atoms with van der Waals surface area (Å²) in [6.45, 7) is 0. The summed E-state index contributed by atoms with van der Waals surface area (Å²) in [4.78, 5) is 25.6. The van der Waals surface area contributed by atoms with Crippen molar-refractivity contribution in [1.82, 2.24) is 19.1 Å². The molecule has 0 saturated heterocycles. The van der Waals surface area contributed by atoms with Crippen LogP contribution in [0.3, 0.4) is 0 Å². The Morgan fingerprint density at radius 3 is 1.03 bits per heavy atom. The first kappa shape index (κ1) is 45.7. The smallest absolute Gasteiger partial charge is 0.345 e. The first-order valence-electron chi connectivity index (χ1n) is 26.6. The van der Waals surface area contributed by atoms with Gasteiger partial charge in [0, 0.05) is 38.1 Å². The van der Waals surface area contributed by atoms with Crippen molar-refractivity contribution in [2.45, 2.75) is 0 Å². The Kier molecular flexibility index (Phi) is 10.9.